The number of pyridine rings is 1. The molecule has 0 N–H and O–H groups in total. The Bertz CT molecular complexity index is 1170. The number of hydrogen-bond donors (Lipinski definition) is 0. The predicted octanol–water partition coefficient (Wildman–Crippen LogP) is 6.84. The van der Waals surface area contributed by atoms with E-state index in [2.05, 4.69) is 84.6 Å². The molecule has 0 aliphatic carbocycles. The fraction of sp³-hybridized carbons (Fsp3) is 0.107. The first kappa shape index (κ1) is 19.7. The molecule has 0 saturated heterocycles. The molecule has 0 amide bonds. The van der Waals surface area contributed by atoms with Crippen molar-refractivity contribution >= 4 is 16.6 Å². The van der Waals surface area contributed by atoms with E-state index in [1.165, 1.54) is 22.3 Å². The van der Waals surface area contributed by atoms with Gasteiger partial charge in [0.25, 0.3) is 0 Å². The van der Waals surface area contributed by atoms with E-state index in [4.69, 9.17) is 0 Å². The summed E-state index contributed by atoms with van der Waals surface area (Å²) < 4.78 is 0. The van der Waals surface area contributed by atoms with Crippen LogP contribution in [0.3, 0.4) is 0 Å². The Labute approximate surface area is 178 Å². The van der Waals surface area contributed by atoms with Crippen molar-refractivity contribution in [3.63, 3.8) is 0 Å². The third-order valence-corrected chi connectivity index (χ3v) is 5.37. The van der Waals surface area contributed by atoms with Crippen molar-refractivity contribution in [1.29, 1.82) is 0 Å². The topological polar surface area (TPSA) is 16.1 Å². The van der Waals surface area contributed by atoms with E-state index in [0.717, 1.165) is 35.1 Å². The monoisotopic (exact) mass is 390 g/mol. The average Bonchev–Trinajstić information content (AvgIpc) is 2.77. The fourth-order valence-corrected chi connectivity index (χ4v) is 3.73. The van der Waals surface area contributed by atoms with Gasteiger partial charge in [-0.25, -0.2) is 0 Å². The highest BCUT2D eigenvalue weighted by atomic mass is 15.1. The summed E-state index contributed by atoms with van der Waals surface area (Å²) in [5.74, 6) is 0. The lowest BCUT2D eigenvalue weighted by atomic mass is 10.0. The van der Waals surface area contributed by atoms with E-state index in [1.54, 1.807) is 0 Å². The van der Waals surface area contributed by atoms with Gasteiger partial charge in [0.05, 0.1) is 11.2 Å². The molecule has 2 heteroatoms. The second-order valence-corrected chi connectivity index (χ2v) is 7.62. The Morgan fingerprint density at radius 2 is 1.50 bits per heavy atom. The van der Waals surface area contributed by atoms with Crippen LogP contribution in [0, 0.1) is 6.92 Å². The van der Waals surface area contributed by atoms with Crippen LogP contribution in [0.2, 0.25) is 0 Å². The number of aromatic nitrogens is 1. The van der Waals surface area contributed by atoms with E-state index in [0.29, 0.717) is 0 Å². The van der Waals surface area contributed by atoms with Gasteiger partial charge in [-0.05, 0) is 42.2 Å². The van der Waals surface area contributed by atoms with Gasteiger partial charge in [-0.2, -0.15) is 0 Å². The molecule has 0 aliphatic rings. The van der Waals surface area contributed by atoms with Gasteiger partial charge in [0.1, 0.15) is 0 Å². The Morgan fingerprint density at radius 3 is 2.20 bits per heavy atom. The minimum Gasteiger partial charge on any atom is -0.321 e. The van der Waals surface area contributed by atoms with Gasteiger partial charge in [0.2, 0.25) is 0 Å². The van der Waals surface area contributed by atoms with Crippen molar-refractivity contribution in [3.05, 3.63) is 132 Å². The van der Waals surface area contributed by atoms with Crippen molar-refractivity contribution in [1.82, 2.24) is 4.98 Å². The molecule has 2 nitrogen and oxygen atoms in total. The van der Waals surface area contributed by atoms with Crippen LogP contribution < -0.4 is 4.90 Å². The van der Waals surface area contributed by atoms with Gasteiger partial charge in [-0.1, -0.05) is 85.5 Å². The normalized spacial score (nSPS) is 10.7. The Hall–Kier alpha value is -3.65. The third-order valence-electron chi connectivity index (χ3n) is 5.37. The molecule has 0 radical (unpaired) electrons. The molecular weight excluding hydrogens is 364 g/mol. The molecular formula is C28H26N2. The average molecular weight is 391 g/mol. The molecule has 0 saturated carbocycles. The molecule has 3 aromatic carbocycles. The van der Waals surface area contributed by atoms with Crippen LogP contribution in [-0.2, 0) is 12.8 Å². The number of nitrogens with zero attached hydrogens (tertiary/aromatic N) is 2. The van der Waals surface area contributed by atoms with Crippen LogP contribution in [0.1, 0.15) is 22.3 Å². The van der Waals surface area contributed by atoms with Crippen molar-refractivity contribution in [2.45, 2.75) is 19.8 Å². The van der Waals surface area contributed by atoms with Crippen molar-refractivity contribution in [2.75, 3.05) is 4.90 Å². The van der Waals surface area contributed by atoms with Crippen molar-refractivity contribution in [3.8, 4) is 0 Å². The highest BCUT2D eigenvalue weighted by Crippen LogP contribution is 2.29. The molecule has 0 bridgehead atoms. The van der Waals surface area contributed by atoms with E-state index >= 15 is 0 Å². The minimum atomic E-state index is 0.757. The molecule has 0 unspecified atom stereocenters. The van der Waals surface area contributed by atoms with Crippen LogP contribution >= 0.6 is 0 Å². The molecule has 4 rings (SSSR count). The van der Waals surface area contributed by atoms with Gasteiger partial charge in [0, 0.05) is 29.9 Å². The SMILES string of the molecule is C=CN(C(=C)Cc1ccc(Cc2ccc(C)cc2)cc1)c1ccnc2ccccc12. The summed E-state index contributed by atoms with van der Waals surface area (Å²) in [4.78, 5) is 6.52. The summed E-state index contributed by atoms with van der Waals surface area (Å²) in [7, 11) is 0. The number of para-hydroxylation sites is 1. The van der Waals surface area contributed by atoms with E-state index in [-0.39, 0.29) is 0 Å². The van der Waals surface area contributed by atoms with Gasteiger partial charge in [-0.15, -0.1) is 0 Å². The summed E-state index contributed by atoms with van der Waals surface area (Å²) >= 11 is 0. The van der Waals surface area contributed by atoms with Gasteiger partial charge in [-0.3, -0.25) is 4.98 Å². The molecule has 30 heavy (non-hydrogen) atoms. The number of aryl methyl sites for hydroxylation is 1. The maximum atomic E-state index is 4.46. The zero-order valence-electron chi connectivity index (χ0n) is 17.4. The summed E-state index contributed by atoms with van der Waals surface area (Å²) in [6, 6.07) is 27.7. The highest BCUT2D eigenvalue weighted by molar-refractivity contribution is 5.92. The number of fused-ring (bicyclic) bond motifs is 1. The molecule has 4 aromatic rings. The molecule has 0 fully saturated rings. The summed E-state index contributed by atoms with van der Waals surface area (Å²) in [5.41, 5.74) is 8.17. The second kappa shape index (κ2) is 8.79. The molecule has 0 aliphatic heterocycles. The zero-order valence-corrected chi connectivity index (χ0v) is 17.4. The number of rotatable bonds is 7. The smallest absolute Gasteiger partial charge is 0.0723 e. The number of anilines is 1. The van der Waals surface area contributed by atoms with Gasteiger partial charge < -0.3 is 4.90 Å². The molecule has 0 atom stereocenters. The fourth-order valence-electron chi connectivity index (χ4n) is 3.73. The Morgan fingerprint density at radius 1 is 0.867 bits per heavy atom. The maximum Gasteiger partial charge on any atom is 0.0723 e. The third kappa shape index (κ3) is 4.33. The predicted molar refractivity (Wildman–Crippen MR) is 128 cm³/mol. The molecule has 1 aromatic heterocycles. The lowest BCUT2D eigenvalue weighted by Gasteiger charge is -2.24. The number of benzene rings is 3. The minimum absolute atomic E-state index is 0.757. The van der Waals surface area contributed by atoms with Gasteiger partial charge >= 0.3 is 0 Å². The standard InChI is InChI=1S/C28H26N2/c1-4-30(28-17-18-29-27-8-6-5-7-26(27)28)22(3)19-23-13-15-25(16-14-23)20-24-11-9-21(2)10-12-24/h4-18H,1,3,19-20H2,2H3. The first-order valence-corrected chi connectivity index (χ1v) is 10.2. The highest BCUT2D eigenvalue weighted by Gasteiger charge is 2.11. The lowest BCUT2D eigenvalue weighted by molar-refractivity contribution is 1.05. The van der Waals surface area contributed by atoms with Crippen LogP contribution in [0.4, 0.5) is 5.69 Å². The Kier molecular flexibility index (Phi) is 5.76. The van der Waals surface area contributed by atoms with Crippen LogP contribution in [-0.4, -0.2) is 4.98 Å². The van der Waals surface area contributed by atoms with Crippen LogP contribution in [0.5, 0.6) is 0 Å². The number of hydrogen-bond acceptors (Lipinski definition) is 2. The van der Waals surface area contributed by atoms with E-state index in [9.17, 15) is 0 Å². The van der Waals surface area contributed by atoms with E-state index < -0.39 is 0 Å². The number of allylic oxidation sites excluding steroid dienone is 1. The van der Waals surface area contributed by atoms with E-state index in [1.807, 2.05) is 36.7 Å². The molecule has 148 valence electrons. The summed E-state index contributed by atoms with van der Waals surface area (Å²) in [6.07, 6.45) is 5.37. The quantitative estimate of drug-likeness (QED) is 0.343. The molecule has 0 spiro atoms. The van der Waals surface area contributed by atoms with Crippen LogP contribution in [0.15, 0.2) is 110 Å². The second-order valence-electron chi connectivity index (χ2n) is 7.62. The first-order valence-electron chi connectivity index (χ1n) is 10.2. The van der Waals surface area contributed by atoms with Crippen LogP contribution in [0.25, 0.3) is 10.9 Å². The summed E-state index contributed by atoms with van der Waals surface area (Å²) in [6.45, 7) is 10.5. The van der Waals surface area contributed by atoms with Crippen molar-refractivity contribution < 1.29 is 0 Å². The van der Waals surface area contributed by atoms with Crippen molar-refractivity contribution in [2.24, 2.45) is 0 Å². The largest absolute Gasteiger partial charge is 0.321 e. The summed E-state index contributed by atoms with van der Waals surface area (Å²) in [5, 5.41) is 1.09. The van der Waals surface area contributed by atoms with Gasteiger partial charge in [0.15, 0.2) is 0 Å². The zero-order chi connectivity index (χ0) is 20.9. The lowest BCUT2D eigenvalue weighted by Crippen LogP contribution is -2.16. The maximum absolute atomic E-state index is 4.46. The first-order chi connectivity index (χ1) is 14.6. The Balaban J connectivity index is 1.49. The molecule has 1 heterocycles.